The van der Waals surface area contributed by atoms with Crippen LogP contribution in [-0.2, 0) is 16.2 Å². The maximum atomic E-state index is 10.8. The summed E-state index contributed by atoms with van der Waals surface area (Å²) in [6.07, 6.45) is 1.18. The lowest BCUT2D eigenvalue weighted by molar-refractivity contribution is 0.0593. The van der Waals surface area contributed by atoms with Crippen LogP contribution in [0.15, 0.2) is 10.7 Å². The van der Waals surface area contributed by atoms with Crippen molar-refractivity contribution >= 4 is 5.97 Å². The number of hydrogen-bond acceptors (Lipinski definition) is 6. The molecule has 0 amide bonds. The van der Waals surface area contributed by atoms with Crippen molar-refractivity contribution in [3.05, 3.63) is 17.8 Å². The van der Waals surface area contributed by atoms with E-state index in [1.165, 1.54) is 13.4 Å². The third kappa shape index (κ3) is 1.80. The SMILES string of the molecule is COC(=O)c1coc(CON)n1. The van der Waals surface area contributed by atoms with Crippen LogP contribution in [0.2, 0.25) is 0 Å². The fourth-order valence-electron chi connectivity index (χ4n) is 0.647. The van der Waals surface area contributed by atoms with Gasteiger partial charge in [0.05, 0.1) is 7.11 Å². The molecule has 1 aromatic heterocycles. The number of aromatic nitrogens is 1. The Bertz CT molecular complexity index is 270. The van der Waals surface area contributed by atoms with Crippen LogP contribution in [0, 0.1) is 0 Å². The largest absolute Gasteiger partial charge is 0.464 e. The molecule has 12 heavy (non-hydrogen) atoms. The lowest BCUT2D eigenvalue weighted by Gasteiger charge is -1.90. The van der Waals surface area contributed by atoms with E-state index in [1.54, 1.807) is 0 Å². The van der Waals surface area contributed by atoms with E-state index in [1.807, 2.05) is 0 Å². The molecule has 6 heteroatoms. The zero-order chi connectivity index (χ0) is 8.97. The first kappa shape index (κ1) is 8.69. The number of rotatable bonds is 3. The van der Waals surface area contributed by atoms with E-state index in [4.69, 9.17) is 10.3 Å². The highest BCUT2D eigenvalue weighted by Gasteiger charge is 2.11. The molecule has 0 fully saturated rings. The van der Waals surface area contributed by atoms with Gasteiger partial charge in [0.15, 0.2) is 5.69 Å². The van der Waals surface area contributed by atoms with Crippen molar-refractivity contribution < 1.29 is 18.8 Å². The molecule has 0 unspecified atom stereocenters. The van der Waals surface area contributed by atoms with Gasteiger partial charge < -0.3 is 9.15 Å². The smallest absolute Gasteiger partial charge is 0.360 e. The Hall–Kier alpha value is -1.40. The molecule has 1 aromatic rings. The van der Waals surface area contributed by atoms with Gasteiger partial charge >= 0.3 is 5.97 Å². The molecule has 0 aliphatic rings. The number of esters is 1. The summed E-state index contributed by atoms with van der Waals surface area (Å²) in [4.78, 5) is 18.8. The summed E-state index contributed by atoms with van der Waals surface area (Å²) in [5.41, 5.74) is 0.101. The lowest BCUT2D eigenvalue weighted by Crippen LogP contribution is -2.03. The average molecular weight is 172 g/mol. The quantitative estimate of drug-likeness (QED) is 0.504. The molecule has 1 heterocycles. The van der Waals surface area contributed by atoms with Gasteiger partial charge in [0.25, 0.3) is 0 Å². The fraction of sp³-hybridized carbons (Fsp3) is 0.333. The summed E-state index contributed by atoms with van der Waals surface area (Å²) in [5.74, 6) is 4.44. The minimum absolute atomic E-state index is 0.0248. The van der Waals surface area contributed by atoms with Gasteiger partial charge in [-0.05, 0) is 0 Å². The highest BCUT2D eigenvalue weighted by molar-refractivity contribution is 5.86. The monoisotopic (exact) mass is 172 g/mol. The normalized spacial score (nSPS) is 9.83. The van der Waals surface area contributed by atoms with Gasteiger partial charge in [0.1, 0.15) is 12.9 Å². The topological polar surface area (TPSA) is 87.6 Å². The van der Waals surface area contributed by atoms with Crippen LogP contribution in [0.3, 0.4) is 0 Å². The van der Waals surface area contributed by atoms with E-state index in [2.05, 4.69) is 14.6 Å². The molecule has 0 aromatic carbocycles. The van der Waals surface area contributed by atoms with Crippen molar-refractivity contribution in [1.82, 2.24) is 4.98 Å². The zero-order valence-electron chi connectivity index (χ0n) is 6.44. The van der Waals surface area contributed by atoms with Crippen molar-refractivity contribution in [3.63, 3.8) is 0 Å². The molecule has 0 bridgehead atoms. The summed E-state index contributed by atoms with van der Waals surface area (Å²) in [6.45, 7) is 0.0248. The molecule has 0 saturated heterocycles. The summed E-state index contributed by atoms with van der Waals surface area (Å²) >= 11 is 0. The molecule has 0 saturated carbocycles. The maximum Gasteiger partial charge on any atom is 0.360 e. The Balaban J connectivity index is 2.70. The third-order valence-corrected chi connectivity index (χ3v) is 1.15. The van der Waals surface area contributed by atoms with Crippen LogP contribution in [0.25, 0.3) is 0 Å². The molecule has 0 aliphatic carbocycles. The van der Waals surface area contributed by atoms with Crippen LogP contribution < -0.4 is 5.90 Å². The summed E-state index contributed by atoms with van der Waals surface area (Å²) in [6, 6.07) is 0. The van der Waals surface area contributed by atoms with Gasteiger partial charge in [-0.3, -0.25) is 4.84 Å². The Kier molecular flexibility index (Phi) is 2.78. The number of oxazole rings is 1. The summed E-state index contributed by atoms with van der Waals surface area (Å²) < 4.78 is 9.21. The lowest BCUT2D eigenvalue weighted by atomic mass is 10.5. The first-order chi connectivity index (χ1) is 5.77. The molecular formula is C6H8N2O4. The van der Waals surface area contributed by atoms with Crippen LogP contribution in [0.1, 0.15) is 16.4 Å². The number of methoxy groups -OCH3 is 1. The van der Waals surface area contributed by atoms with E-state index in [0.29, 0.717) is 0 Å². The Morgan fingerprint density at radius 2 is 2.58 bits per heavy atom. The summed E-state index contributed by atoms with van der Waals surface area (Å²) in [7, 11) is 1.26. The van der Waals surface area contributed by atoms with Gasteiger partial charge in [-0.1, -0.05) is 0 Å². The number of nitrogens with zero attached hydrogens (tertiary/aromatic N) is 1. The minimum Gasteiger partial charge on any atom is -0.464 e. The van der Waals surface area contributed by atoms with Gasteiger partial charge in [-0.25, -0.2) is 15.7 Å². The molecular weight excluding hydrogens is 164 g/mol. The van der Waals surface area contributed by atoms with Crippen molar-refractivity contribution in [2.75, 3.05) is 7.11 Å². The first-order valence-corrected chi connectivity index (χ1v) is 3.12. The second kappa shape index (κ2) is 3.84. The molecule has 0 spiro atoms. The van der Waals surface area contributed by atoms with E-state index < -0.39 is 5.97 Å². The van der Waals surface area contributed by atoms with Gasteiger partial charge in [0.2, 0.25) is 5.89 Å². The number of nitrogens with two attached hydrogens (primary N) is 1. The highest BCUT2D eigenvalue weighted by atomic mass is 16.6. The molecule has 1 rings (SSSR count). The molecule has 2 N–H and O–H groups in total. The Morgan fingerprint density at radius 1 is 1.83 bits per heavy atom. The van der Waals surface area contributed by atoms with E-state index in [9.17, 15) is 4.79 Å². The van der Waals surface area contributed by atoms with Crippen molar-refractivity contribution in [2.24, 2.45) is 5.90 Å². The predicted molar refractivity (Wildman–Crippen MR) is 36.8 cm³/mol. The van der Waals surface area contributed by atoms with E-state index >= 15 is 0 Å². The second-order valence-electron chi connectivity index (χ2n) is 1.93. The maximum absolute atomic E-state index is 10.8. The van der Waals surface area contributed by atoms with Gasteiger partial charge in [0, 0.05) is 0 Å². The van der Waals surface area contributed by atoms with Crippen LogP contribution >= 0.6 is 0 Å². The van der Waals surface area contributed by atoms with Gasteiger partial charge in [-0.2, -0.15) is 0 Å². The fourth-order valence-corrected chi connectivity index (χ4v) is 0.647. The van der Waals surface area contributed by atoms with E-state index in [0.717, 1.165) is 0 Å². The Morgan fingerprint density at radius 3 is 3.17 bits per heavy atom. The van der Waals surface area contributed by atoms with Crippen LogP contribution in [0.4, 0.5) is 0 Å². The zero-order valence-corrected chi connectivity index (χ0v) is 6.44. The summed E-state index contributed by atoms with van der Waals surface area (Å²) in [5, 5.41) is 0. The van der Waals surface area contributed by atoms with Crippen LogP contribution in [0.5, 0.6) is 0 Å². The van der Waals surface area contributed by atoms with E-state index in [-0.39, 0.29) is 18.2 Å². The van der Waals surface area contributed by atoms with Crippen molar-refractivity contribution in [2.45, 2.75) is 6.61 Å². The molecule has 6 nitrogen and oxygen atoms in total. The number of hydrogen-bond donors (Lipinski definition) is 1. The van der Waals surface area contributed by atoms with Gasteiger partial charge in [-0.15, -0.1) is 0 Å². The highest BCUT2D eigenvalue weighted by Crippen LogP contribution is 2.03. The number of carbonyl (C=O) groups is 1. The molecule has 0 aliphatic heterocycles. The molecule has 0 radical (unpaired) electrons. The number of carbonyl (C=O) groups excluding carboxylic acids is 1. The number of ether oxygens (including phenoxy) is 1. The molecule has 0 atom stereocenters. The standard InChI is InChI=1S/C6H8N2O4/c1-10-6(9)4-2-11-5(8-4)3-12-7/h2H,3,7H2,1H3. The first-order valence-electron chi connectivity index (χ1n) is 3.12. The van der Waals surface area contributed by atoms with Crippen LogP contribution in [-0.4, -0.2) is 18.1 Å². The minimum atomic E-state index is -0.554. The average Bonchev–Trinajstić information content (AvgIpc) is 2.52. The second-order valence-corrected chi connectivity index (χ2v) is 1.93. The predicted octanol–water partition coefficient (Wildman–Crippen LogP) is -0.148. The van der Waals surface area contributed by atoms with Crippen molar-refractivity contribution in [3.8, 4) is 0 Å². The Labute approximate surface area is 68.2 Å². The third-order valence-electron chi connectivity index (χ3n) is 1.15. The van der Waals surface area contributed by atoms with Crippen molar-refractivity contribution in [1.29, 1.82) is 0 Å². The molecule has 66 valence electrons.